The van der Waals surface area contributed by atoms with Crippen molar-refractivity contribution >= 4 is 42.2 Å². The summed E-state index contributed by atoms with van der Waals surface area (Å²) < 4.78 is 55.8. The SMILES string of the molecule is CCc1c(C(C)NS(=O)(=O)c2ccc3c(Cl)cccc3c2)ccnc1S(=O)(=O)c1ccc(C)cc1. The molecular weight excluding hydrogens is 504 g/mol. The molecule has 1 atom stereocenters. The Labute approximate surface area is 211 Å². The largest absolute Gasteiger partial charge is 0.244 e. The van der Waals surface area contributed by atoms with Crippen molar-refractivity contribution < 1.29 is 16.8 Å². The van der Waals surface area contributed by atoms with Gasteiger partial charge in [0.15, 0.2) is 5.03 Å². The molecule has 6 nitrogen and oxygen atoms in total. The molecule has 0 saturated heterocycles. The summed E-state index contributed by atoms with van der Waals surface area (Å²) in [5.41, 5.74) is 1.98. The van der Waals surface area contributed by atoms with Gasteiger partial charge >= 0.3 is 0 Å². The predicted octanol–water partition coefficient (Wildman–Crippen LogP) is 5.63. The topological polar surface area (TPSA) is 93.2 Å². The van der Waals surface area contributed by atoms with Crippen molar-refractivity contribution in [1.82, 2.24) is 9.71 Å². The van der Waals surface area contributed by atoms with Gasteiger partial charge in [-0.25, -0.2) is 26.5 Å². The first kappa shape index (κ1) is 25.3. The third-order valence-corrected chi connectivity index (χ3v) is 9.52. The number of sulfonamides is 1. The lowest BCUT2D eigenvalue weighted by Gasteiger charge is -2.20. The van der Waals surface area contributed by atoms with Crippen LogP contribution in [0.25, 0.3) is 10.8 Å². The van der Waals surface area contributed by atoms with Crippen LogP contribution in [0.5, 0.6) is 0 Å². The first-order valence-electron chi connectivity index (χ1n) is 11.0. The highest BCUT2D eigenvalue weighted by molar-refractivity contribution is 7.91. The van der Waals surface area contributed by atoms with Crippen LogP contribution in [0, 0.1) is 6.92 Å². The normalized spacial score (nSPS) is 13.1. The molecule has 4 aromatic rings. The molecule has 0 aliphatic rings. The number of nitrogens with zero attached hydrogens (tertiary/aromatic N) is 1. The Morgan fingerprint density at radius 1 is 0.943 bits per heavy atom. The number of hydrogen-bond donors (Lipinski definition) is 1. The average molecular weight is 529 g/mol. The van der Waals surface area contributed by atoms with E-state index in [2.05, 4.69) is 9.71 Å². The van der Waals surface area contributed by atoms with Crippen LogP contribution in [0.3, 0.4) is 0 Å². The third kappa shape index (κ3) is 4.97. The van der Waals surface area contributed by atoms with E-state index in [0.29, 0.717) is 28.0 Å². The molecule has 0 amide bonds. The fraction of sp³-hybridized carbons (Fsp3) is 0.192. The standard InChI is InChI=1S/C26H25ClN2O4S2/c1-4-22-23(14-15-28-26(22)34(30,31)20-10-8-17(2)9-11-20)18(3)29-35(32,33)21-12-13-24-19(16-21)6-5-7-25(24)27/h5-16,18,29H,4H2,1-3H3. The second-order valence-corrected chi connectivity index (χ2v) is 12.3. The molecule has 4 rings (SSSR count). The lowest BCUT2D eigenvalue weighted by molar-refractivity contribution is 0.565. The number of pyridine rings is 1. The van der Waals surface area contributed by atoms with E-state index in [1.165, 1.54) is 12.3 Å². The zero-order valence-electron chi connectivity index (χ0n) is 19.5. The van der Waals surface area contributed by atoms with Gasteiger partial charge in [-0.3, -0.25) is 0 Å². The Balaban J connectivity index is 1.71. The molecule has 1 unspecified atom stereocenters. The van der Waals surface area contributed by atoms with E-state index < -0.39 is 25.9 Å². The minimum Gasteiger partial charge on any atom is -0.244 e. The molecule has 1 heterocycles. The molecule has 0 aliphatic carbocycles. The maximum Gasteiger partial charge on any atom is 0.241 e. The summed E-state index contributed by atoms with van der Waals surface area (Å²) in [5, 5.41) is 1.94. The Morgan fingerprint density at radius 2 is 1.63 bits per heavy atom. The van der Waals surface area contributed by atoms with Crippen LogP contribution in [0.4, 0.5) is 0 Å². The summed E-state index contributed by atoms with van der Waals surface area (Å²) in [6, 6.07) is 17.6. The molecule has 0 radical (unpaired) electrons. The molecule has 9 heteroatoms. The maximum absolute atomic E-state index is 13.3. The first-order valence-corrected chi connectivity index (χ1v) is 14.4. The average Bonchev–Trinajstić information content (AvgIpc) is 2.83. The van der Waals surface area contributed by atoms with E-state index in [1.807, 2.05) is 13.8 Å². The summed E-state index contributed by atoms with van der Waals surface area (Å²) in [5.74, 6) is 0. The van der Waals surface area contributed by atoms with Crippen molar-refractivity contribution in [2.24, 2.45) is 0 Å². The summed E-state index contributed by atoms with van der Waals surface area (Å²) in [7, 11) is -7.78. The van der Waals surface area contributed by atoms with Gasteiger partial charge < -0.3 is 0 Å². The minimum atomic E-state index is -3.91. The molecule has 35 heavy (non-hydrogen) atoms. The minimum absolute atomic E-state index is 0.0623. The number of fused-ring (bicyclic) bond motifs is 1. The fourth-order valence-electron chi connectivity index (χ4n) is 4.06. The van der Waals surface area contributed by atoms with Crippen molar-refractivity contribution in [1.29, 1.82) is 0 Å². The number of rotatable bonds is 7. The van der Waals surface area contributed by atoms with Gasteiger partial charge in [0.1, 0.15) is 0 Å². The van der Waals surface area contributed by atoms with Crippen LogP contribution < -0.4 is 4.72 Å². The molecule has 0 spiro atoms. The highest BCUT2D eigenvalue weighted by Gasteiger charge is 2.27. The Hall–Kier alpha value is -2.78. The predicted molar refractivity (Wildman–Crippen MR) is 138 cm³/mol. The van der Waals surface area contributed by atoms with Crippen molar-refractivity contribution in [2.45, 2.75) is 48.1 Å². The molecule has 0 bridgehead atoms. The molecule has 0 aliphatic heterocycles. The van der Waals surface area contributed by atoms with Gasteiger partial charge in [-0.15, -0.1) is 0 Å². The zero-order chi connectivity index (χ0) is 25.4. The third-order valence-electron chi connectivity index (χ3n) is 5.90. The van der Waals surface area contributed by atoms with Crippen LogP contribution in [0.2, 0.25) is 5.02 Å². The van der Waals surface area contributed by atoms with Crippen LogP contribution in [0.1, 0.15) is 36.6 Å². The van der Waals surface area contributed by atoms with E-state index in [-0.39, 0.29) is 14.8 Å². The van der Waals surface area contributed by atoms with Gasteiger partial charge in [-0.2, -0.15) is 0 Å². The monoisotopic (exact) mass is 528 g/mol. The molecule has 0 saturated carbocycles. The van der Waals surface area contributed by atoms with Gasteiger partial charge in [0.2, 0.25) is 19.9 Å². The van der Waals surface area contributed by atoms with Gasteiger partial charge in [0.05, 0.1) is 9.79 Å². The van der Waals surface area contributed by atoms with Gasteiger partial charge in [-0.05, 0) is 73.2 Å². The van der Waals surface area contributed by atoms with Crippen molar-refractivity contribution in [2.75, 3.05) is 0 Å². The van der Waals surface area contributed by atoms with Crippen LogP contribution in [-0.4, -0.2) is 21.8 Å². The quantitative estimate of drug-likeness (QED) is 0.335. The fourth-order valence-corrected chi connectivity index (χ4v) is 7.07. The molecule has 0 fully saturated rings. The lowest BCUT2D eigenvalue weighted by atomic mass is 10.0. The maximum atomic E-state index is 13.3. The Bertz CT molecular complexity index is 1620. The van der Waals surface area contributed by atoms with Crippen molar-refractivity contribution in [3.8, 4) is 0 Å². The number of halogens is 1. The van der Waals surface area contributed by atoms with E-state index in [0.717, 1.165) is 10.9 Å². The number of benzene rings is 3. The highest BCUT2D eigenvalue weighted by Crippen LogP contribution is 2.30. The van der Waals surface area contributed by atoms with Crippen LogP contribution in [0.15, 0.2) is 87.7 Å². The van der Waals surface area contributed by atoms with E-state index in [1.54, 1.807) is 67.6 Å². The number of aromatic nitrogens is 1. The summed E-state index contributed by atoms with van der Waals surface area (Å²) in [4.78, 5) is 4.42. The van der Waals surface area contributed by atoms with Crippen molar-refractivity contribution in [3.05, 3.63) is 94.6 Å². The second-order valence-electron chi connectivity index (χ2n) is 8.32. The summed E-state index contributed by atoms with van der Waals surface area (Å²) in [6.45, 7) is 5.39. The van der Waals surface area contributed by atoms with E-state index in [9.17, 15) is 16.8 Å². The number of nitrogens with one attached hydrogen (secondary N) is 1. The number of aryl methyl sites for hydroxylation is 1. The zero-order valence-corrected chi connectivity index (χ0v) is 21.9. The van der Waals surface area contributed by atoms with Crippen molar-refractivity contribution in [3.63, 3.8) is 0 Å². The smallest absolute Gasteiger partial charge is 0.241 e. The number of sulfone groups is 1. The van der Waals surface area contributed by atoms with Gasteiger partial charge in [-0.1, -0.05) is 54.4 Å². The Kier molecular flexibility index (Phi) is 7.02. The molecule has 1 N–H and O–H groups in total. The second kappa shape index (κ2) is 9.70. The first-order chi connectivity index (χ1) is 16.5. The van der Waals surface area contributed by atoms with Gasteiger partial charge in [0.25, 0.3) is 0 Å². The summed E-state index contributed by atoms with van der Waals surface area (Å²) >= 11 is 6.20. The van der Waals surface area contributed by atoms with Gasteiger partial charge in [0, 0.05) is 22.6 Å². The summed E-state index contributed by atoms with van der Waals surface area (Å²) in [6.07, 6.45) is 1.77. The molecule has 182 valence electrons. The Morgan fingerprint density at radius 3 is 2.31 bits per heavy atom. The molecule has 1 aromatic heterocycles. The van der Waals surface area contributed by atoms with E-state index in [4.69, 9.17) is 11.6 Å². The molecule has 3 aromatic carbocycles. The molecular formula is C26H25ClN2O4S2. The lowest BCUT2D eigenvalue weighted by Crippen LogP contribution is -2.28. The van der Waals surface area contributed by atoms with Crippen LogP contribution in [-0.2, 0) is 26.3 Å². The van der Waals surface area contributed by atoms with Crippen LogP contribution >= 0.6 is 11.6 Å². The highest BCUT2D eigenvalue weighted by atomic mass is 35.5. The van der Waals surface area contributed by atoms with E-state index >= 15 is 0 Å². The number of hydrogen-bond acceptors (Lipinski definition) is 5.